The second-order valence-corrected chi connectivity index (χ2v) is 9.43. The molecular weight excluding hydrogens is 450 g/mol. The van der Waals surface area contributed by atoms with Gasteiger partial charge in [-0.2, -0.15) is 0 Å². The molecule has 35 heavy (non-hydrogen) atoms. The third kappa shape index (κ3) is 10.4. The molecule has 0 radical (unpaired) electrons. The molecule has 0 aromatic heterocycles. The summed E-state index contributed by atoms with van der Waals surface area (Å²) in [7, 11) is 0. The Morgan fingerprint density at radius 2 is 1.43 bits per heavy atom. The van der Waals surface area contributed by atoms with Crippen LogP contribution in [0.15, 0.2) is 30.3 Å². The molecule has 0 fully saturated rings. The second-order valence-electron chi connectivity index (χ2n) is 9.43. The van der Waals surface area contributed by atoms with E-state index in [0.29, 0.717) is 19.4 Å². The van der Waals surface area contributed by atoms with E-state index < -0.39 is 47.9 Å². The fourth-order valence-corrected chi connectivity index (χ4v) is 3.43. The molecule has 0 saturated carbocycles. The number of carboxylic acids is 1. The van der Waals surface area contributed by atoms with Gasteiger partial charge in [-0.1, -0.05) is 58.0 Å². The van der Waals surface area contributed by atoms with Gasteiger partial charge in [0.25, 0.3) is 0 Å². The van der Waals surface area contributed by atoms with Crippen molar-refractivity contribution in [1.82, 2.24) is 16.0 Å². The van der Waals surface area contributed by atoms with Gasteiger partial charge in [0.1, 0.15) is 18.1 Å². The standard InChI is InChI=1S/C25H41N5O5/c1-15(2)20(27)23(32)30-21(16(3)4)24(33)28-18(12-8-9-13-26)22(31)29-19(25(34)35)14-17-10-6-5-7-11-17/h5-7,10-11,15-16,18-21H,8-9,12-14,26-27H2,1-4H3,(H,28,33)(H,29,31)(H,30,32)(H,34,35). The largest absolute Gasteiger partial charge is 0.480 e. The molecule has 4 unspecified atom stereocenters. The van der Waals surface area contributed by atoms with Crippen LogP contribution in [-0.2, 0) is 25.6 Å². The van der Waals surface area contributed by atoms with Crippen LogP contribution in [0.2, 0.25) is 0 Å². The van der Waals surface area contributed by atoms with Gasteiger partial charge in [0.05, 0.1) is 6.04 Å². The minimum absolute atomic E-state index is 0.100. The molecule has 0 aliphatic rings. The molecule has 0 heterocycles. The van der Waals surface area contributed by atoms with E-state index in [1.165, 1.54) is 0 Å². The van der Waals surface area contributed by atoms with Crippen LogP contribution in [0.5, 0.6) is 0 Å². The first-order chi connectivity index (χ1) is 16.5. The van der Waals surface area contributed by atoms with Crippen LogP contribution in [0.4, 0.5) is 0 Å². The number of rotatable bonds is 15. The quantitative estimate of drug-likeness (QED) is 0.194. The predicted molar refractivity (Wildman–Crippen MR) is 134 cm³/mol. The van der Waals surface area contributed by atoms with Crippen molar-refractivity contribution in [1.29, 1.82) is 0 Å². The van der Waals surface area contributed by atoms with Crippen LogP contribution in [0.1, 0.15) is 52.5 Å². The van der Waals surface area contributed by atoms with Crippen molar-refractivity contribution in [2.45, 2.75) is 77.5 Å². The number of aliphatic carboxylic acids is 1. The molecule has 1 aromatic rings. The Kier molecular flexibility index (Phi) is 13.0. The molecule has 10 heteroatoms. The van der Waals surface area contributed by atoms with E-state index in [1.807, 2.05) is 6.07 Å². The fraction of sp³-hybridized carbons (Fsp3) is 0.600. The number of hydrogen-bond acceptors (Lipinski definition) is 6. The monoisotopic (exact) mass is 491 g/mol. The lowest BCUT2D eigenvalue weighted by Gasteiger charge is -2.27. The molecular formula is C25H41N5O5. The zero-order valence-electron chi connectivity index (χ0n) is 21.1. The Morgan fingerprint density at radius 1 is 0.829 bits per heavy atom. The third-order valence-corrected chi connectivity index (χ3v) is 5.75. The Bertz CT molecular complexity index is 831. The lowest BCUT2D eigenvalue weighted by Crippen LogP contribution is -2.59. The molecule has 0 saturated heterocycles. The number of amides is 3. The minimum Gasteiger partial charge on any atom is -0.480 e. The second kappa shape index (κ2) is 15.1. The number of carbonyl (C=O) groups excluding carboxylic acids is 3. The van der Waals surface area contributed by atoms with Crippen LogP contribution < -0.4 is 27.4 Å². The third-order valence-electron chi connectivity index (χ3n) is 5.75. The normalized spacial score (nSPS) is 14.6. The van der Waals surface area contributed by atoms with Crippen LogP contribution in [0.3, 0.4) is 0 Å². The van der Waals surface area contributed by atoms with Gasteiger partial charge in [-0.25, -0.2) is 4.79 Å². The molecule has 1 rings (SSSR count). The highest BCUT2D eigenvalue weighted by Crippen LogP contribution is 2.09. The predicted octanol–water partition coefficient (Wildman–Crippen LogP) is 0.536. The molecule has 10 nitrogen and oxygen atoms in total. The van der Waals surface area contributed by atoms with Gasteiger partial charge in [-0.3, -0.25) is 14.4 Å². The maximum atomic E-state index is 13.1. The summed E-state index contributed by atoms with van der Waals surface area (Å²) in [5, 5.41) is 17.6. The summed E-state index contributed by atoms with van der Waals surface area (Å²) >= 11 is 0. The number of unbranched alkanes of at least 4 members (excludes halogenated alkanes) is 1. The topological polar surface area (TPSA) is 177 Å². The number of carboxylic acid groups (broad SMARTS) is 1. The highest BCUT2D eigenvalue weighted by molar-refractivity contribution is 5.94. The summed E-state index contributed by atoms with van der Waals surface area (Å²) < 4.78 is 0. The molecule has 4 atom stereocenters. The van der Waals surface area contributed by atoms with Gasteiger partial charge in [-0.15, -0.1) is 0 Å². The van der Waals surface area contributed by atoms with Crippen LogP contribution >= 0.6 is 0 Å². The van der Waals surface area contributed by atoms with E-state index in [-0.39, 0.29) is 24.7 Å². The van der Waals surface area contributed by atoms with Gasteiger partial charge in [0.2, 0.25) is 17.7 Å². The Balaban J connectivity index is 2.98. The van der Waals surface area contributed by atoms with Crippen molar-refractivity contribution < 1.29 is 24.3 Å². The van der Waals surface area contributed by atoms with Crippen LogP contribution in [0.25, 0.3) is 0 Å². The van der Waals surface area contributed by atoms with Crippen molar-refractivity contribution in [2.75, 3.05) is 6.54 Å². The molecule has 8 N–H and O–H groups in total. The summed E-state index contributed by atoms with van der Waals surface area (Å²) in [6.45, 7) is 7.58. The zero-order chi connectivity index (χ0) is 26.5. The highest BCUT2D eigenvalue weighted by atomic mass is 16.4. The van der Waals surface area contributed by atoms with Gasteiger partial charge >= 0.3 is 5.97 Å². The summed E-state index contributed by atoms with van der Waals surface area (Å²) in [6, 6.07) is 5.12. The molecule has 0 spiro atoms. The van der Waals surface area contributed by atoms with Crippen molar-refractivity contribution in [3.63, 3.8) is 0 Å². The number of nitrogens with one attached hydrogen (secondary N) is 3. The van der Waals surface area contributed by atoms with Crippen molar-refractivity contribution in [3.8, 4) is 0 Å². The maximum absolute atomic E-state index is 13.1. The average molecular weight is 492 g/mol. The van der Waals surface area contributed by atoms with Crippen molar-refractivity contribution >= 4 is 23.7 Å². The number of carbonyl (C=O) groups is 4. The first-order valence-corrected chi connectivity index (χ1v) is 12.1. The Hall–Kier alpha value is -2.98. The van der Waals surface area contributed by atoms with Gasteiger partial charge < -0.3 is 32.5 Å². The minimum atomic E-state index is -1.18. The number of nitrogens with two attached hydrogens (primary N) is 2. The van der Waals surface area contributed by atoms with E-state index in [9.17, 15) is 24.3 Å². The highest BCUT2D eigenvalue weighted by Gasteiger charge is 2.32. The number of benzene rings is 1. The van der Waals surface area contributed by atoms with Crippen LogP contribution in [-0.4, -0.2) is 59.5 Å². The van der Waals surface area contributed by atoms with Gasteiger partial charge in [-0.05, 0) is 43.2 Å². The summed E-state index contributed by atoms with van der Waals surface area (Å²) in [4.78, 5) is 50.4. The molecule has 1 aromatic carbocycles. The fourth-order valence-electron chi connectivity index (χ4n) is 3.43. The van der Waals surface area contributed by atoms with Gasteiger partial charge in [0, 0.05) is 6.42 Å². The van der Waals surface area contributed by atoms with E-state index >= 15 is 0 Å². The summed E-state index contributed by atoms with van der Waals surface area (Å²) in [5.74, 6) is -3.15. The van der Waals surface area contributed by atoms with Crippen LogP contribution in [0, 0.1) is 11.8 Å². The maximum Gasteiger partial charge on any atom is 0.326 e. The van der Waals surface area contributed by atoms with E-state index in [0.717, 1.165) is 5.56 Å². The van der Waals surface area contributed by atoms with E-state index in [1.54, 1.807) is 52.0 Å². The number of hydrogen-bond donors (Lipinski definition) is 6. The molecule has 0 aliphatic heterocycles. The average Bonchev–Trinajstić information content (AvgIpc) is 2.80. The first-order valence-electron chi connectivity index (χ1n) is 12.1. The molecule has 0 bridgehead atoms. The Labute approximate surface area is 207 Å². The van der Waals surface area contributed by atoms with Crippen molar-refractivity contribution in [2.24, 2.45) is 23.3 Å². The smallest absolute Gasteiger partial charge is 0.326 e. The van der Waals surface area contributed by atoms with E-state index in [2.05, 4.69) is 16.0 Å². The SMILES string of the molecule is CC(C)C(N)C(=O)NC(C(=O)NC(CCCCN)C(=O)NC(Cc1ccccc1)C(=O)O)C(C)C. The lowest BCUT2D eigenvalue weighted by atomic mass is 9.99. The molecule has 3 amide bonds. The summed E-state index contributed by atoms with van der Waals surface area (Å²) in [6.07, 6.45) is 1.57. The summed E-state index contributed by atoms with van der Waals surface area (Å²) in [5.41, 5.74) is 12.2. The van der Waals surface area contributed by atoms with Crippen molar-refractivity contribution in [3.05, 3.63) is 35.9 Å². The Morgan fingerprint density at radius 3 is 1.94 bits per heavy atom. The lowest BCUT2D eigenvalue weighted by molar-refractivity contribution is -0.142. The molecule has 0 aliphatic carbocycles. The van der Waals surface area contributed by atoms with Gasteiger partial charge in [0.15, 0.2) is 0 Å². The van der Waals surface area contributed by atoms with E-state index in [4.69, 9.17) is 11.5 Å². The molecule has 196 valence electrons. The zero-order valence-corrected chi connectivity index (χ0v) is 21.1. The first kappa shape index (κ1) is 30.1.